The number of hydrogen-bond acceptors (Lipinski definition) is 3. The minimum atomic E-state index is -3.71. The van der Waals surface area contributed by atoms with Crippen molar-refractivity contribution >= 4 is 33.2 Å². The minimum absolute atomic E-state index is 0.275. The molecule has 27 heavy (non-hydrogen) atoms. The highest BCUT2D eigenvalue weighted by molar-refractivity contribution is 7.92. The Labute approximate surface area is 164 Å². The van der Waals surface area contributed by atoms with E-state index in [-0.39, 0.29) is 12.2 Å². The second kappa shape index (κ2) is 8.71. The number of nitrogens with zero attached hydrogens (tertiary/aromatic N) is 1. The molecular weight excluding hydrogens is 391 g/mol. The van der Waals surface area contributed by atoms with E-state index in [9.17, 15) is 17.6 Å². The van der Waals surface area contributed by atoms with Crippen LogP contribution in [0.15, 0.2) is 48.5 Å². The summed E-state index contributed by atoms with van der Waals surface area (Å²) in [6.45, 7) is 3.49. The van der Waals surface area contributed by atoms with Crippen LogP contribution in [0.3, 0.4) is 0 Å². The maximum absolute atomic E-state index is 13.1. The van der Waals surface area contributed by atoms with Crippen molar-refractivity contribution in [3.05, 3.63) is 64.9 Å². The van der Waals surface area contributed by atoms with Gasteiger partial charge in [-0.1, -0.05) is 30.7 Å². The third-order valence-corrected chi connectivity index (χ3v) is 5.57. The molecule has 2 aromatic rings. The van der Waals surface area contributed by atoms with E-state index in [1.807, 2.05) is 0 Å². The Hall–Kier alpha value is -2.12. The lowest BCUT2D eigenvalue weighted by molar-refractivity contribution is -0.122. The monoisotopic (exact) mass is 412 g/mol. The fourth-order valence-electron chi connectivity index (χ4n) is 2.79. The van der Waals surface area contributed by atoms with Crippen LogP contribution >= 0.6 is 11.6 Å². The Morgan fingerprint density at radius 1 is 1.15 bits per heavy atom. The Bertz CT molecular complexity index is 886. The van der Waals surface area contributed by atoms with Crippen molar-refractivity contribution in [1.82, 2.24) is 5.32 Å². The van der Waals surface area contributed by atoms with Gasteiger partial charge in [0.2, 0.25) is 15.9 Å². The van der Waals surface area contributed by atoms with Crippen LogP contribution in [0.4, 0.5) is 10.1 Å². The summed E-state index contributed by atoms with van der Waals surface area (Å²) in [6.07, 6.45) is 1.33. The molecule has 0 aliphatic heterocycles. The van der Waals surface area contributed by atoms with Gasteiger partial charge in [-0.05, 0) is 55.3 Å². The van der Waals surface area contributed by atoms with E-state index in [0.717, 1.165) is 16.1 Å². The van der Waals surface area contributed by atoms with Crippen LogP contribution in [-0.2, 0) is 14.8 Å². The molecule has 1 N–H and O–H groups in total. The van der Waals surface area contributed by atoms with Crippen LogP contribution < -0.4 is 9.62 Å². The molecule has 0 saturated carbocycles. The number of anilines is 1. The SMILES string of the molecule is CCC(C(=O)NC(C)c1ccc(F)cc1)N(c1ccc(Cl)cc1)S(C)(=O)=O. The van der Waals surface area contributed by atoms with Gasteiger partial charge < -0.3 is 5.32 Å². The van der Waals surface area contributed by atoms with E-state index < -0.39 is 28.0 Å². The third kappa shape index (κ3) is 5.43. The second-order valence-electron chi connectivity index (χ2n) is 6.24. The largest absolute Gasteiger partial charge is 0.348 e. The maximum Gasteiger partial charge on any atom is 0.244 e. The zero-order valence-corrected chi connectivity index (χ0v) is 16.9. The van der Waals surface area contributed by atoms with E-state index in [0.29, 0.717) is 10.7 Å². The molecule has 2 rings (SSSR count). The summed E-state index contributed by atoms with van der Waals surface area (Å²) < 4.78 is 38.9. The lowest BCUT2D eigenvalue weighted by Crippen LogP contribution is -2.49. The average Bonchev–Trinajstić information content (AvgIpc) is 2.60. The third-order valence-electron chi connectivity index (χ3n) is 4.14. The molecule has 0 radical (unpaired) electrons. The molecule has 5 nitrogen and oxygen atoms in total. The summed E-state index contributed by atoms with van der Waals surface area (Å²) in [7, 11) is -3.71. The topological polar surface area (TPSA) is 66.5 Å². The molecule has 0 fully saturated rings. The standard InChI is InChI=1S/C19H22ClFN2O3S/c1-4-18(19(24)22-13(2)14-5-9-16(21)10-6-14)23(27(3,25)26)17-11-7-15(20)8-12-17/h5-13,18H,4H2,1-3H3,(H,22,24). The first kappa shape index (κ1) is 21.2. The van der Waals surface area contributed by atoms with Crippen LogP contribution in [0.2, 0.25) is 5.02 Å². The van der Waals surface area contributed by atoms with E-state index in [1.54, 1.807) is 50.2 Å². The number of halogens is 2. The lowest BCUT2D eigenvalue weighted by Gasteiger charge is -2.31. The minimum Gasteiger partial charge on any atom is -0.348 e. The number of amides is 1. The maximum atomic E-state index is 13.1. The summed E-state index contributed by atoms with van der Waals surface area (Å²) in [4.78, 5) is 12.8. The molecule has 0 aromatic heterocycles. The predicted octanol–water partition coefficient (Wildman–Crippen LogP) is 3.90. The zero-order valence-electron chi connectivity index (χ0n) is 15.3. The Kier molecular flexibility index (Phi) is 6.84. The average molecular weight is 413 g/mol. The van der Waals surface area contributed by atoms with E-state index in [4.69, 9.17) is 11.6 Å². The van der Waals surface area contributed by atoms with Crippen molar-refractivity contribution in [2.24, 2.45) is 0 Å². The molecule has 0 aliphatic carbocycles. The highest BCUT2D eigenvalue weighted by Gasteiger charge is 2.32. The number of nitrogens with one attached hydrogen (secondary N) is 1. The van der Waals surface area contributed by atoms with Crippen LogP contribution in [0.1, 0.15) is 31.9 Å². The Morgan fingerprint density at radius 3 is 2.19 bits per heavy atom. The zero-order chi connectivity index (χ0) is 20.2. The Morgan fingerprint density at radius 2 is 1.70 bits per heavy atom. The fraction of sp³-hybridized carbons (Fsp3) is 0.316. The molecule has 8 heteroatoms. The number of carbonyl (C=O) groups is 1. The summed E-state index contributed by atoms with van der Waals surface area (Å²) in [6, 6.07) is 10.7. The molecule has 2 aromatic carbocycles. The van der Waals surface area contributed by atoms with Gasteiger partial charge in [-0.25, -0.2) is 12.8 Å². The molecule has 2 unspecified atom stereocenters. The van der Waals surface area contributed by atoms with Crippen LogP contribution in [0.5, 0.6) is 0 Å². The highest BCUT2D eigenvalue weighted by Crippen LogP contribution is 2.25. The number of rotatable bonds is 7. The first-order valence-corrected chi connectivity index (χ1v) is 10.7. The predicted molar refractivity (Wildman–Crippen MR) is 106 cm³/mol. The van der Waals surface area contributed by atoms with Crippen molar-refractivity contribution in [2.75, 3.05) is 10.6 Å². The van der Waals surface area contributed by atoms with Gasteiger partial charge in [0.15, 0.2) is 0 Å². The smallest absolute Gasteiger partial charge is 0.244 e. The molecule has 0 bridgehead atoms. The highest BCUT2D eigenvalue weighted by atomic mass is 35.5. The second-order valence-corrected chi connectivity index (χ2v) is 8.54. The number of sulfonamides is 1. The van der Waals surface area contributed by atoms with Gasteiger partial charge in [-0.15, -0.1) is 0 Å². The van der Waals surface area contributed by atoms with E-state index in [2.05, 4.69) is 5.32 Å². The molecule has 2 atom stereocenters. The fourth-order valence-corrected chi connectivity index (χ4v) is 4.13. The van der Waals surface area contributed by atoms with Crippen LogP contribution in [0, 0.1) is 5.82 Å². The normalized spacial score (nSPS) is 13.7. The van der Waals surface area contributed by atoms with Gasteiger partial charge >= 0.3 is 0 Å². The van der Waals surface area contributed by atoms with Crippen molar-refractivity contribution < 1.29 is 17.6 Å². The lowest BCUT2D eigenvalue weighted by atomic mass is 10.1. The molecule has 0 aliphatic rings. The Balaban J connectivity index is 2.28. The molecule has 0 heterocycles. The number of benzene rings is 2. The molecular formula is C19H22ClFN2O3S. The summed E-state index contributed by atoms with van der Waals surface area (Å²) in [5, 5.41) is 3.27. The molecule has 0 saturated heterocycles. The van der Waals surface area contributed by atoms with Crippen molar-refractivity contribution in [2.45, 2.75) is 32.4 Å². The van der Waals surface area contributed by atoms with Gasteiger partial charge in [0.1, 0.15) is 11.9 Å². The summed E-state index contributed by atoms with van der Waals surface area (Å²) in [5.41, 5.74) is 1.08. The van der Waals surface area contributed by atoms with Gasteiger partial charge in [0.05, 0.1) is 18.0 Å². The van der Waals surface area contributed by atoms with Gasteiger partial charge in [0.25, 0.3) is 0 Å². The van der Waals surface area contributed by atoms with Crippen molar-refractivity contribution in [3.8, 4) is 0 Å². The summed E-state index contributed by atoms with van der Waals surface area (Å²) >= 11 is 5.88. The van der Waals surface area contributed by atoms with Crippen LogP contribution in [-0.4, -0.2) is 26.6 Å². The first-order chi connectivity index (χ1) is 12.6. The molecule has 146 valence electrons. The van der Waals surface area contributed by atoms with Gasteiger partial charge in [-0.3, -0.25) is 9.10 Å². The van der Waals surface area contributed by atoms with Crippen LogP contribution in [0.25, 0.3) is 0 Å². The van der Waals surface area contributed by atoms with E-state index in [1.165, 1.54) is 12.1 Å². The quantitative estimate of drug-likeness (QED) is 0.749. The van der Waals surface area contributed by atoms with Gasteiger partial charge in [-0.2, -0.15) is 0 Å². The first-order valence-electron chi connectivity index (χ1n) is 8.44. The number of carbonyl (C=O) groups excluding carboxylic acids is 1. The van der Waals surface area contributed by atoms with Crippen molar-refractivity contribution in [3.63, 3.8) is 0 Å². The van der Waals surface area contributed by atoms with Gasteiger partial charge in [0, 0.05) is 5.02 Å². The summed E-state index contributed by atoms with van der Waals surface area (Å²) in [5.74, 6) is -0.801. The van der Waals surface area contributed by atoms with Crippen molar-refractivity contribution in [1.29, 1.82) is 0 Å². The molecule has 1 amide bonds. The number of hydrogen-bond donors (Lipinski definition) is 1. The van der Waals surface area contributed by atoms with E-state index >= 15 is 0 Å². The molecule has 0 spiro atoms.